The predicted octanol–water partition coefficient (Wildman–Crippen LogP) is 8.33. The Morgan fingerprint density at radius 1 is 0.569 bits per heavy atom. The highest BCUT2D eigenvalue weighted by molar-refractivity contribution is 5.44. The van der Waals surface area contributed by atoms with Crippen molar-refractivity contribution in [3.05, 3.63) is 53.1 Å². The first-order valence-corrected chi connectivity index (χ1v) is 22.9. The summed E-state index contributed by atoms with van der Waals surface area (Å²) in [6, 6.07) is 10.3. The summed E-state index contributed by atoms with van der Waals surface area (Å²) < 4.78 is 5.75. The second-order valence-corrected chi connectivity index (χ2v) is 23.9. The molecule has 51 heavy (non-hydrogen) atoms. The number of methoxy groups -OCH3 is 1. The third-order valence-electron chi connectivity index (χ3n) is 24.6. The van der Waals surface area contributed by atoms with E-state index in [1.54, 1.807) is 37.7 Å². The minimum absolute atomic E-state index is 0.562. The molecule has 0 amide bonds. The van der Waals surface area contributed by atoms with Gasteiger partial charge in [-0.15, -0.1) is 0 Å². The van der Waals surface area contributed by atoms with Crippen LogP contribution in [0.5, 0.6) is 5.75 Å². The molecule has 15 fully saturated rings. The van der Waals surface area contributed by atoms with Gasteiger partial charge >= 0.3 is 0 Å². The molecule has 17 aliphatic rings. The maximum Gasteiger partial charge on any atom is 0.118 e. The van der Waals surface area contributed by atoms with Crippen molar-refractivity contribution >= 4 is 0 Å². The molecule has 1 saturated heterocycles. The number of hydrogen-bond donors (Lipinski definition) is 0. The Balaban J connectivity index is 0.955. The van der Waals surface area contributed by atoms with E-state index in [4.69, 9.17) is 4.74 Å². The van der Waals surface area contributed by atoms with Gasteiger partial charge in [0.2, 0.25) is 0 Å². The van der Waals surface area contributed by atoms with Crippen molar-refractivity contribution in [3.63, 3.8) is 0 Å². The third-order valence-corrected chi connectivity index (χ3v) is 24.6. The maximum atomic E-state index is 5.75. The van der Waals surface area contributed by atoms with Gasteiger partial charge < -0.3 is 4.74 Å². The molecule has 1 aromatic rings. The monoisotopic (exact) mass is 673 g/mol. The molecule has 30 unspecified atom stereocenters. The quantitative estimate of drug-likeness (QED) is 0.293. The molecule has 18 rings (SSSR count). The third kappa shape index (κ3) is 2.23. The van der Waals surface area contributed by atoms with Gasteiger partial charge in [0.25, 0.3) is 0 Å². The van der Waals surface area contributed by atoms with Crippen LogP contribution >= 0.6 is 0 Å². The molecule has 14 saturated carbocycles. The van der Waals surface area contributed by atoms with Crippen molar-refractivity contribution in [2.24, 2.45) is 171 Å². The van der Waals surface area contributed by atoms with Gasteiger partial charge in [0, 0.05) is 12.6 Å². The van der Waals surface area contributed by atoms with Crippen LogP contribution in [0.2, 0.25) is 0 Å². The lowest BCUT2D eigenvalue weighted by Crippen LogP contribution is -2.60. The minimum Gasteiger partial charge on any atom is -0.497 e. The Morgan fingerprint density at radius 2 is 1.22 bits per heavy atom. The van der Waals surface area contributed by atoms with Crippen molar-refractivity contribution in [1.82, 2.24) is 4.90 Å². The molecule has 0 aromatic heterocycles. The molecular weight excluding hydrogens is 619 g/mol. The van der Waals surface area contributed by atoms with Crippen LogP contribution in [0.3, 0.4) is 0 Å². The number of nitrogens with zero attached hydrogens (tertiary/aromatic N) is 1. The largest absolute Gasteiger partial charge is 0.497 e. The Kier molecular flexibility index (Phi) is 3.88. The van der Waals surface area contributed by atoms with Crippen molar-refractivity contribution < 1.29 is 4.74 Å². The predicted molar refractivity (Wildman–Crippen MR) is 192 cm³/mol. The van der Waals surface area contributed by atoms with E-state index in [1.807, 2.05) is 7.11 Å². The van der Waals surface area contributed by atoms with Crippen LogP contribution in [0.1, 0.15) is 50.1 Å². The Morgan fingerprint density at radius 3 is 2.04 bits per heavy atom. The molecule has 1 heterocycles. The molecule has 0 bridgehead atoms. The van der Waals surface area contributed by atoms with Crippen LogP contribution in [-0.4, -0.2) is 25.6 Å². The lowest BCUT2D eigenvalue weighted by molar-refractivity contribution is -0.164. The van der Waals surface area contributed by atoms with E-state index >= 15 is 0 Å². The van der Waals surface area contributed by atoms with E-state index in [-0.39, 0.29) is 0 Å². The summed E-state index contributed by atoms with van der Waals surface area (Å²) >= 11 is 0. The Bertz CT molecular complexity index is 2000. The Labute approximate surface area is 304 Å². The fraction of sp³-hybridized carbons (Fsp3) is 0.796. The first-order valence-electron chi connectivity index (χ1n) is 22.9. The van der Waals surface area contributed by atoms with Gasteiger partial charge in [-0.25, -0.2) is 0 Å². The second kappa shape index (κ2) is 7.52. The standard InChI is InChI=1S/C49H55NO/c1-50-15-49-14-23-12-21-10-18-7-17-8-20-9-19-11-22-13-25(46(49)48(50)16-3-5-24(51-2)6-4-16)33-38-29(22)28(19)35-30(20)34-26(17)27(18)36-31(21)37-32(23)47(49)45(33)44-42(37)40(36)39(34)41(35)43(38)44/h3-6,10-11,17,19-21,23,25-48H,7-9,12-15H2,1-2H3. The molecule has 0 radical (unpaired) electrons. The molecule has 1 spiro atoms. The average molecular weight is 674 g/mol. The number of ether oxygens (including phenoxy) is 1. The van der Waals surface area contributed by atoms with Gasteiger partial charge in [-0.1, -0.05) is 35.4 Å². The van der Waals surface area contributed by atoms with Crippen LogP contribution in [0, 0.1) is 171 Å². The highest BCUT2D eigenvalue weighted by Crippen LogP contribution is 2.93. The van der Waals surface area contributed by atoms with Crippen LogP contribution in [0.25, 0.3) is 0 Å². The zero-order valence-electron chi connectivity index (χ0n) is 30.5. The topological polar surface area (TPSA) is 12.5 Å². The number of fused-ring (bicyclic) bond motifs is 1. The van der Waals surface area contributed by atoms with E-state index in [0.29, 0.717) is 11.5 Å². The molecule has 16 aliphatic carbocycles. The highest BCUT2D eigenvalue weighted by Gasteiger charge is 2.89. The molecule has 30 atom stereocenters. The number of benzene rings is 1. The van der Waals surface area contributed by atoms with Gasteiger partial charge in [-0.05, 0) is 234 Å². The zero-order valence-corrected chi connectivity index (χ0v) is 30.5. The molecule has 1 aliphatic heterocycles. The highest BCUT2D eigenvalue weighted by atomic mass is 16.5. The molecular formula is C49H55NO. The number of rotatable bonds is 2. The normalized spacial score (nSPS) is 73.2. The van der Waals surface area contributed by atoms with Crippen LogP contribution in [-0.2, 0) is 0 Å². The summed E-state index contributed by atoms with van der Waals surface area (Å²) in [4.78, 5) is 2.98. The van der Waals surface area contributed by atoms with Crippen molar-refractivity contribution in [2.45, 2.75) is 44.6 Å². The van der Waals surface area contributed by atoms with E-state index in [2.05, 4.69) is 59.5 Å². The van der Waals surface area contributed by atoms with Crippen molar-refractivity contribution in [1.29, 1.82) is 0 Å². The summed E-state index contributed by atoms with van der Waals surface area (Å²) in [7, 11) is 4.45. The molecule has 262 valence electrons. The maximum absolute atomic E-state index is 5.75. The minimum atomic E-state index is 0.562. The van der Waals surface area contributed by atoms with Crippen LogP contribution in [0.4, 0.5) is 0 Å². The lowest BCUT2D eigenvalue weighted by Gasteiger charge is -2.63. The summed E-state index contributed by atoms with van der Waals surface area (Å²) in [6.45, 7) is 1.41. The van der Waals surface area contributed by atoms with Crippen molar-refractivity contribution in [2.75, 3.05) is 20.7 Å². The summed E-state index contributed by atoms with van der Waals surface area (Å²) in [5.74, 6) is 31.5. The summed E-state index contributed by atoms with van der Waals surface area (Å²) in [5, 5.41) is 0. The van der Waals surface area contributed by atoms with Crippen LogP contribution in [0.15, 0.2) is 47.6 Å². The van der Waals surface area contributed by atoms with Gasteiger partial charge in [0.05, 0.1) is 7.11 Å². The van der Waals surface area contributed by atoms with E-state index in [0.717, 1.165) is 160 Å². The average Bonchev–Trinajstić information content (AvgIpc) is 3.98. The Hall–Kier alpha value is -1.54. The smallest absolute Gasteiger partial charge is 0.118 e. The summed E-state index contributed by atoms with van der Waals surface area (Å²) in [5.41, 5.74) is 6.40. The molecule has 0 N–H and O–H groups in total. The summed E-state index contributed by atoms with van der Waals surface area (Å²) in [6.07, 6.45) is 15.9. The fourth-order valence-electron chi connectivity index (χ4n) is 26.2. The number of hydrogen-bond acceptors (Lipinski definition) is 2. The van der Waals surface area contributed by atoms with Gasteiger partial charge in [0.15, 0.2) is 0 Å². The molecule has 2 nitrogen and oxygen atoms in total. The molecule has 2 heteroatoms. The lowest BCUT2D eigenvalue weighted by atomic mass is 9.40. The van der Waals surface area contributed by atoms with Gasteiger partial charge in [-0.3, -0.25) is 4.90 Å². The number of allylic oxidation sites excluding steroid dienone is 4. The van der Waals surface area contributed by atoms with E-state index < -0.39 is 0 Å². The van der Waals surface area contributed by atoms with Crippen molar-refractivity contribution in [3.8, 4) is 5.75 Å². The molecule has 1 aromatic carbocycles. The van der Waals surface area contributed by atoms with E-state index in [1.165, 1.54) is 24.8 Å². The zero-order chi connectivity index (χ0) is 32.0. The fourth-order valence-corrected chi connectivity index (χ4v) is 26.2. The van der Waals surface area contributed by atoms with Crippen LogP contribution < -0.4 is 4.74 Å². The first-order chi connectivity index (χ1) is 25.1. The SMILES string of the molecule is COc1ccc(C2C3C4CC5=CC6CC7CC8CC9=CC%10CC%11CC3(CN2C)C2C%11C3C%10C%10C9C8C8C7C7C6C5C5C4C2C2C5C7C8C%10C32)cc1. The first kappa shape index (κ1) is 26.3. The van der Waals surface area contributed by atoms with Gasteiger partial charge in [-0.2, -0.15) is 0 Å². The van der Waals surface area contributed by atoms with E-state index in [9.17, 15) is 0 Å². The van der Waals surface area contributed by atoms with Gasteiger partial charge in [0.1, 0.15) is 5.75 Å². The number of likely N-dealkylation sites (tertiary alicyclic amines) is 1. The second-order valence-electron chi connectivity index (χ2n) is 23.9.